The van der Waals surface area contributed by atoms with Crippen molar-refractivity contribution in [3.63, 3.8) is 0 Å². The van der Waals surface area contributed by atoms with Gasteiger partial charge < -0.3 is 0 Å². The van der Waals surface area contributed by atoms with Crippen LogP contribution in [0.25, 0.3) is 16.6 Å². The second-order valence-corrected chi connectivity index (χ2v) is 10.4. The number of aryl methyl sites for hydroxylation is 1. The summed E-state index contributed by atoms with van der Waals surface area (Å²) in [5.41, 5.74) is 7.62. The Labute approximate surface area is 210 Å². The number of fused-ring (bicyclic) bond motifs is 2. The Morgan fingerprint density at radius 2 is 1.64 bits per heavy atom. The zero-order valence-corrected chi connectivity index (χ0v) is 20.3. The van der Waals surface area contributed by atoms with E-state index in [1.807, 2.05) is 10.9 Å². The van der Waals surface area contributed by atoms with Crippen molar-refractivity contribution >= 4 is 10.9 Å². The Hall–Kier alpha value is -3.76. The van der Waals surface area contributed by atoms with Gasteiger partial charge in [-0.1, -0.05) is 60.7 Å². The molecule has 4 heteroatoms. The molecular formula is C32H28FN3. The minimum atomic E-state index is -0.235. The second-order valence-electron chi connectivity index (χ2n) is 10.4. The molecule has 1 aromatic heterocycles. The van der Waals surface area contributed by atoms with Crippen molar-refractivity contribution < 1.29 is 4.39 Å². The van der Waals surface area contributed by atoms with E-state index >= 15 is 0 Å². The summed E-state index contributed by atoms with van der Waals surface area (Å²) in [5.74, 6) is 0.904. The molecule has 0 amide bonds. The van der Waals surface area contributed by atoms with E-state index in [0.717, 1.165) is 36.2 Å². The molecule has 0 radical (unpaired) electrons. The average Bonchev–Trinajstić information content (AvgIpc) is 3.15. The van der Waals surface area contributed by atoms with Crippen molar-refractivity contribution in [1.29, 1.82) is 0 Å². The van der Waals surface area contributed by atoms with Crippen LogP contribution < -0.4 is 0 Å². The third kappa shape index (κ3) is 3.32. The molecule has 5 aromatic rings. The first kappa shape index (κ1) is 21.5. The first-order valence-electron chi connectivity index (χ1n) is 12.7. The molecule has 2 aliphatic rings. The van der Waals surface area contributed by atoms with Crippen LogP contribution in [0.3, 0.4) is 0 Å². The predicted octanol–water partition coefficient (Wildman–Crippen LogP) is 6.64. The van der Waals surface area contributed by atoms with E-state index in [1.54, 1.807) is 12.1 Å². The van der Waals surface area contributed by atoms with E-state index in [9.17, 15) is 4.39 Å². The summed E-state index contributed by atoms with van der Waals surface area (Å²) in [6, 6.07) is 33.0. The molecule has 0 spiro atoms. The Bertz CT molecular complexity index is 1540. The highest BCUT2D eigenvalue weighted by atomic mass is 19.1. The maximum Gasteiger partial charge on any atom is 0.123 e. The smallest absolute Gasteiger partial charge is 0.123 e. The van der Waals surface area contributed by atoms with Crippen LogP contribution in [0.2, 0.25) is 0 Å². The predicted molar refractivity (Wildman–Crippen MR) is 142 cm³/mol. The molecule has 4 aromatic carbocycles. The number of likely N-dealkylation sites (tertiary alicyclic amines) is 1. The molecule has 0 unspecified atom stereocenters. The summed E-state index contributed by atoms with van der Waals surface area (Å²) < 4.78 is 15.4. The largest absolute Gasteiger partial charge is 0.298 e. The lowest BCUT2D eigenvalue weighted by molar-refractivity contribution is 0.282. The van der Waals surface area contributed by atoms with Crippen molar-refractivity contribution in [1.82, 2.24) is 14.7 Å². The standard InChI is InChI=1S/C32H28FN3/c1-22-16-30-25(18-34-36(30)27-14-12-26(33)13-15-27)17-28(22)32-21-35(19-23-8-4-2-5-9-23)20-29(32)31(32)24-10-6-3-7-11-24/h2-18,29,31H,19-21H2,1H3/t29-,31-,32+/m1/s1. The van der Waals surface area contributed by atoms with Crippen LogP contribution in [0, 0.1) is 18.7 Å². The van der Waals surface area contributed by atoms with Crippen LogP contribution in [0.1, 0.15) is 28.2 Å². The highest BCUT2D eigenvalue weighted by Gasteiger charge is 2.70. The van der Waals surface area contributed by atoms with Crippen molar-refractivity contribution in [2.24, 2.45) is 5.92 Å². The summed E-state index contributed by atoms with van der Waals surface area (Å²) in [7, 11) is 0. The third-order valence-corrected chi connectivity index (χ3v) is 8.34. The summed E-state index contributed by atoms with van der Waals surface area (Å²) in [4.78, 5) is 2.63. The highest BCUT2D eigenvalue weighted by Crippen LogP contribution is 2.69. The number of hydrogen-bond acceptors (Lipinski definition) is 2. The normalized spacial score (nSPS) is 23.2. The van der Waals surface area contributed by atoms with Gasteiger partial charge in [0.1, 0.15) is 5.82 Å². The van der Waals surface area contributed by atoms with Gasteiger partial charge in [0.2, 0.25) is 0 Å². The number of hydrogen-bond donors (Lipinski definition) is 0. The van der Waals surface area contributed by atoms with Gasteiger partial charge in [0, 0.05) is 36.4 Å². The van der Waals surface area contributed by atoms with Crippen LogP contribution in [0.5, 0.6) is 0 Å². The number of halogens is 1. The van der Waals surface area contributed by atoms with Crippen LogP contribution in [0.4, 0.5) is 4.39 Å². The van der Waals surface area contributed by atoms with Gasteiger partial charge in [0.15, 0.2) is 0 Å². The highest BCUT2D eigenvalue weighted by molar-refractivity contribution is 5.83. The molecule has 36 heavy (non-hydrogen) atoms. The Balaban J connectivity index is 1.29. The second kappa shape index (κ2) is 8.14. The van der Waals surface area contributed by atoms with Gasteiger partial charge in [0.05, 0.1) is 17.4 Å². The summed E-state index contributed by atoms with van der Waals surface area (Å²) >= 11 is 0. The summed E-state index contributed by atoms with van der Waals surface area (Å²) in [5, 5.41) is 5.80. The first-order valence-corrected chi connectivity index (χ1v) is 12.7. The van der Waals surface area contributed by atoms with Crippen LogP contribution >= 0.6 is 0 Å². The lowest BCUT2D eigenvalue weighted by atomic mass is 9.86. The van der Waals surface area contributed by atoms with Gasteiger partial charge in [-0.15, -0.1) is 0 Å². The average molecular weight is 474 g/mol. The maximum absolute atomic E-state index is 13.5. The number of benzene rings is 4. The third-order valence-electron chi connectivity index (χ3n) is 8.34. The van der Waals surface area contributed by atoms with Gasteiger partial charge in [-0.25, -0.2) is 9.07 Å². The molecule has 1 aliphatic carbocycles. The van der Waals surface area contributed by atoms with Crippen molar-refractivity contribution in [3.8, 4) is 5.69 Å². The van der Waals surface area contributed by atoms with Gasteiger partial charge in [-0.05, 0) is 71.5 Å². The molecule has 1 saturated carbocycles. The topological polar surface area (TPSA) is 21.1 Å². The monoisotopic (exact) mass is 473 g/mol. The number of aromatic nitrogens is 2. The fourth-order valence-electron chi connectivity index (χ4n) is 6.79. The molecule has 2 fully saturated rings. The zero-order chi connectivity index (χ0) is 24.3. The molecular weight excluding hydrogens is 445 g/mol. The zero-order valence-electron chi connectivity index (χ0n) is 20.3. The minimum Gasteiger partial charge on any atom is -0.298 e. The number of rotatable bonds is 5. The fourth-order valence-corrected chi connectivity index (χ4v) is 6.79. The van der Waals surface area contributed by atoms with Crippen LogP contribution in [-0.4, -0.2) is 27.8 Å². The minimum absolute atomic E-state index is 0.117. The molecule has 1 saturated heterocycles. The van der Waals surface area contributed by atoms with Gasteiger partial charge >= 0.3 is 0 Å². The van der Waals surface area contributed by atoms with Gasteiger partial charge in [-0.2, -0.15) is 5.10 Å². The van der Waals surface area contributed by atoms with Crippen molar-refractivity contribution in [2.75, 3.05) is 13.1 Å². The van der Waals surface area contributed by atoms with Crippen molar-refractivity contribution in [2.45, 2.75) is 24.8 Å². The lowest BCUT2D eigenvalue weighted by Crippen LogP contribution is -2.29. The summed E-state index contributed by atoms with van der Waals surface area (Å²) in [6.07, 6.45) is 1.95. The Morgan fingerprint density at radius 3 is 2.39 bits per heavy atom. The number of piperidine rings is 1. The van der Waals surface area contributed by atoms with E-state index in [-0.39, 0.29) is 11.2 Å². The number of nitrogens with zero attached hydrogens (tertiary/aromatic N) is 3. The van der Waals surface area contributed by atoms with E-state index in [1.165, 1.54) is 34.4 Å². The summed E-state index contributed by atoms with van der Waals surface area (Å²) in [6.45, 7) is 5.40. The van der Waals surface area contributed by atoms with E-state index < -0.39 is 0 Å². The van der Waals surface area contributed by atoms with E-state index in [2.05, 4.69) is 89.7 Å². The van der Waals surface area contributed by atoms with Crippen molar-refractivity contribution in [3.05, 3.63) is 131 Å². The Kier molecular flexibility index (Phi) is 4.87. The molecule has 0 bridgehead atoms. The molecule has 3 nitrogen and oxygen atoms in total. The van der Waals surface area contributed by atoms with E-state index in [0.29, 0.717) is 11.8 Å². The molecule has 0 N–H and O–H groups in total. The SMILES string of the molecule is Cc1cc2c(cnn2-c2ccc(F)cc2)cc1[C@@]12CN(Cc3ccccc3)C[C@@H]1[C@H]2c1ccccc1. The Morgan fingerprint density at radius 1 is 0.917 bits per heavy atom. The maximum atomic E-state index is 13.5. The molecule has 2 heterocycles. The quantitative estimate of drug-likeness (QED) is 0.285. The fraction of sp³-hybridized carbons (Fsp3) is 0.219. The molecule has 1 aliphatic heterocycles. The first-order chi connectivity index (χ1) is 17.6. The molecule has 7 rings (SSSR count). The van der Waals surface area contributed by atoms with Gasteiger partial charge in [0.25, 0.3) is 0 Å². The van der Waals surface area contributed by atoms with Gasteiger partial charge in [-0.3, -0.25) is 4.90 Å². The van der Waals surface area contributed by atoms with Crippen LogP contribution in [-0.2, 0) is 12.0 Å². The molecule has 178 valence electrons. The molecule has 3 atom stereocenters. The van der Waals surface area contributed by atoms with E-state index in [4.69, 9.17) is 0 Å². The van der Waals surface area contributed by atoms with Crippen LogP contribution in [0.15, 0.2) is 103 Å². The lowest BCUT2D eigenvalue weighted by Gasteiger charge is -2.26.